The Labute approximate surface area is 149 Å². The second-order valence-corrected chi connectivity index (χ2v) is 7.72. The first kappa shape index (κ1) is 16.9. The van der Waals surface area contributed by atoms with E-state index in [1.54, 1.807) is 24.3 Å². The molecule has 0 radical (unpaired) electrons. The largest absolute Gasteiger partial charge is 0.546 e. The van der Waals surface area contributed by atoms with E-state index in [1.165, 1.54) is 30.6 Å². The first-order chi connectivity index (χ1) is 11.0. The maximum absolute atomic E-state index is 11.1. The summed E-state index contributed by atoms with van der Waals surface area (Å²) in [6.07, 6.45) is 4.23. The summed E-state index contributed by atoms with van der Waals surface area (Å²) < 4.78 is 6.44. The zero-order valence-corrected chi connectivity index (χ0v) is 15.1. The van der Waals surface area contributed by atoms with E-state index in [1.807, 2.05) is 0 Å². The third kappa shape index (κ3) is 3.30. The number of thiophene rings is 1. The average molecular weight is 372 g/mol. The van der Waals surface area contributed by atoms with Crippen molar-refractivity contribution in [3.05, 3.63) is 27.1 Å². The highest BCUT2D eigenvalue weighted by molar-refractivity contribution is 7.19. The zero-order chi connectivity index (χ0) is 16.6. The Balaban J connectivity index is 1.99. The highest BCUT2D eigenvalue weighted by Gasteiger charge is 2.22. The van der Waals surface area contributed by atoms with Gasteiger partial charge in [0.25, 0.3) is 0 Å². The molecule has 0 saturated heterocycles. The number of carbonyl (C=O) groups is 1. The SMILES string of the molecule is CCC(Oc1cc2cc(C3CCCC3)sc2c(Cl)c1Cl)C(=O)[O-]. The minimum Gasteiger partial charge on any atom is -0.546 e. The van der Waals surface area contributed by atoms with E-state index in [4.69, 9.17) is 27.9 Å². The lowest BCUT2D eigenvalue weighted by Crippen LogP contribution is -2.39. The molecule has 124 valence electrons. The third-order valence-electron chi connectivity index (χ3n) is 4.34. The van der Waals surface area contributed by atoms with Gasteiger partial charge in [0.1, 0.15) is 16.9 Å². The summed E-state index contributed by atoms with van der Waals surface area (Å²) in [5.74, 6) is -0.356. The van der Waals surface area contributed by atoms with Crippen LogP contribution in [-0.2, 0) is 4.79 Å². The van der Waals surface area contributed by atoms with Gasteiger partial charge >= 0.3 is 0 Å². The Morgan fingerprint density at radius 2 is 2.04 bits per heavy atom. The summed E-state index contributed by atoms with van der Waals surface area (Å²) >= 11 is 14.4. The molecule has 0 amide bonds. The van der Waals surface area contributed by atoms with Gasteiger partial charge in [-0.05, 0) is 42.7 Å². The Kier molecular flexibility index (Phi) is 5.04. The molecule has 1 aromatic heterocycles. The van der Waals surface area contributed by atoms with Gasteiger partial charge in [0.15, 0.2) is 0 Å². The smallest absolute Gasteiger partial charge is 0.141 e. The lowest BCUT2D eigenvalue weighted by atomic mass is 10.1. The molecule has 23 heavy (non-hydrogen) atoms. The van der Waals surface area contributed by atoms with Gasteiger partial charge in [0.2, 0.25) is 0 Å². The van der Waals surface area contributed by atoms with Crippen LogP contribution < -0.4 is 9.84 Å². The molecule has 1 aliphatic rings. The summed E-state index contributed by atoms with van der Waals surface area (Å²) in [5.41, 5.74) is 0. The molecule has 1 aromatic carbocycles. The van der Waals surface area contributed by atoms with Crippen molar-refractivity contribution >= 4 is 50.6 Å². The molecule has 2 aromatic rings. The number of carboxylic acids is 1. The second kappa shape index (κ2) is 6.88. The molecule has 1 atom stereocenters. The Morgan fingerprint density at radius 3 is 2.65 bits per heavy atom. The van der Waals surface area contributed by atoms with Gasteiger partial charge in [0.05, 0.1) is 15.7 Å². The summed E-state index contributed by atoms with van der Waals surface area (Å²) in [4.78, 5) is 12.4. The summed E-state index contributed by atoms with van der Waals surface area (Å²) in [6.45, 7) is 1.72. The van der Waals surface area contributed by atoms with Crippen molar-refractivity contribution in [3.63, 3.8) is 0 Å². The minimum atomic E-state index is -1.25. The predicted octanol–water partition coefficient (Wildman–Crippen LogP) is 4.77. The predicted molar refractivity (Wildman–Crippen MR) is 92.8 cm³/mol. The number of carbonyl (C=O) groups excluding carboxylic acids is 1. The van der Waals surface area contributed by atoms with E-state index in [0.717, 1.165) is 10.1 Å². The van der Waals surface area contributed by atoms with Crippen molar-refractivity contribution in [2.75, 3.05) is 0 Å². The molecule has 1 saturated carbocycles. The van der Waals surface area contributed by atoms with Crippen molar-refractivity contribution in [1.29, 1.82) is 0 Å². The standard InChI is InChI=1S/C17H18Cl2O3S/c1-2-11(17(20)21)22-12-7-10-8-13(9-5-3-4-6-9)23-16(10)15(19)14(12)18/h7-9,11H,2-6H2,1H3,(H,20,21)/p-1. The van der Waals surface area contributed by atoms with Crippen LogP contribution >= 0.6 is 34.5 Å². The van der Waals surface area contributed by atoms with Crippen LogP contribution in [0.5, 0.6) is 5.75 Å². The number of ether oxygens (including phenoxy) is 1. The quantitative estimate of drug-likeness (QED) is 0.759. The summed E-state index contributed by atoms with van der Waals surface area (Å²) in [6, 6.07) is 3.91. The van der Waals surface area contributed by atoms with E-state index < -0.39 is 12.1 Å². The van der Waals surface area contributed by atoms with Gasteiger partial charge in [-0.1, -0.05) is 43.0 Å². The summed E-state index contributed by atoms with van der Waals surface area (Å²) in [5, 5.41) is 12.7. The molecule has 1 unspecified atom stereocenters. The first-order valence-corrected chi connectivity index (χ1v) is 9.37. The number of fused-ring (bicyclic) bond motifs is 1. The molecular formula is C17H17Cl2O3S-. The molecule has 3 nitrogen and oxygen atoms in total. The lowest BCUT2D eigenvalue weighted by Gasteiger charge is -2.19. The summed E-state index contributed by atoms with van der Waals surface area (Å²) in [7, 11) is 0. The average Bonchev–Trinajstić information content (AvgIpc) is 3.17. The number of rotatable bonds is 5. The van der Waals surface area contributed by atoms with Gasteiger partial charge in [-0.25, -0.2) is 0 Å². The molecular weight excluding hydrogens is 355 g/mol. The highest BCUT2D eigenvalue weighted by atomic mass is 35.5. The van der Waals surface area contributed by atoms with E-state index in [9.17, 15) is 9.90 Å². The van der Waals surface area contributed by atoms with Gasteiger partial charge < -0.3 is 14.6 Å². The molecule has 1 aliphatic carbocycles. The fraction of sp³-hybridized carbons (Fsp3) is 0.471. The number of hydrogen-bond acceptors (Lipinski definition) is 4. The molecule has 0 bridgehead atoms. The van der Waals surface area contributed by atoms with Crippen molar-refractivity contribution in [1.82, 2.24) is 0 Å². The van der Waals surface area contributed by atoms with E-state index in [-0.39, 0.29) is 5.02 Å². The van der Waals surface area contributed by atoms with E-state index in [2.05, 4.69) is 6.07 Å². The number of aliphatic carboxylic acids is 1. The Morgan fingerprint density at radius 1 is 1.35 bits per heavy atom. The molecule has 0 spiro atoms. The Hall–Kier alpha value is -0.970. The first-order valence-electron chi connectivity index (χ1n) is 7.80. The van der Waals surface area contributed by atoms with Gasteiger partial charge in [0, 0.05) is 4.88 Å². The van der Waals surface area contributed by atoms with Crippen LogP contribution in [0, 0.1) is 0 Å². The zero-order valence-electron chi connectivity index (χ0n) is 12.7. The van der Waals surface area contributed by atoms with Crippen LogP contribution in [0.1, 0.15) is 49.8 Å². The fourth-order valence-corrected chi connectivity index (χ4v) is 4.88. The molecule has 6 heteroatoms. The highest BCUT2D eigenvalue weighted by Crippen LogP contribution is 2.46. The van der Waals surface area contributed by atoms with E-state index >= 15 is 0 Å². The van der Waals surface area contributed by atoms with Crippen LogP contribution in [0.2, 0.25) is 10.0 Å². The topological polar surface area (TPSA) is 49.4 Å². The normalized spacial score (nSPS) is 16.8. The van der Waals surface area contributed by atoms with Crippen molar-refractivity contribution < 1.29 is 14.6 Å². The maximum atomic E-state index is 11.1. The second-order valence-electron chi connectivity index (χ2n) is 5.88. The molecule has 0 N–H and O–H groups in total. The van der Waals surface area contributed by atoms with Crippen LogP contribution in [-0.4, -0.2) is 12.1 Å². The third-order valence-corrected chi connectivity index (χ3v) is 6.63. The lowest BCUT2D eigenvalue weighted by molar-refractivity contribution is -0.313. The fourth-order valence-electron chi connectivity index (χ4n) is 3.06. The van der Waals surface area contributed by atoms with Gasteiger partial charge in [-0.15, -0.1) is 11.3 Å². The molecule has 0 aliphatic heterocycles. The van der Waals surface area contributed by atoms with E-state index in [0.29, 0.717) is 23.1 Å². The maximum Gasteiger partial charge on any atom is 0.141 e. The van der Waals surface area contributed by atoms with Crippen LogP contribution in [0.4, 0.5) is 0 Å². The molecule has 1 heterocycles. The monoisotopic (exact) mass is 371 g/mol. The van der Waals surface area contributed by atoms with Crippen LogP contribution in [0.3, 0.4) is 0 Å². The van der Waals surface area contributed by atoms with Crippen molar-refractivity contribution in [2.24, 2.45) is 0 Å². The van der Waals surface area contributed by atoms with Crippen molar-refractivity contribution in [3.8, 4) is 5.75 Å². The number of carboxylic acid groups (broad SMARTS) is 1. The molecule has 1 fully saturated rings. The number of hydrogen-bond donors (Lipinski definition) is 0. The van der Waals surface area contributed by atoms with Crippen LogP contribution in [0.25, 0.3) is 10.1 Å². The Bertz CT molecular complexity index is 735. The molecule has 3 rings (SSSR count). The van der Waals surface area contributed by atoms with Crippen molar-refractivity contribution in [2.45, 2.75) is 51.0 Å². The van der Waals surface area contributed by atoms with Crippen LogP contribution in [0.15, 0.2) is 12.1 Å². The number of benzene rings is 1. The van der Waals surface area contributed by atoms with Gasteiger partial charge in [-0.3, -0.25) is 0 Å². The van der Waals surface area contributed by atoms with Gasteiger partial charge in [-0.2, -0.15) is 0 Å². The minimum absolute atomic E-state index is 0.263. The number of halogens is 2.